The van der Waals surface area contributed by atoms with E-state index in [1.807, 2.05) is 6.92 Å². The predicted octanol–water partition coefficient (Wildman–Crippen LogP) is 0.0564. The predicted molar refractivity (Wildman–Crippen MR) is 65.7 cm³/mol. The summed E-state index contributed by atoms with van der Waals surface area (Å²) in [7, 11) is 1.74. The first-order valence-corrected chi connectivity index (χ1v) is 5.21. The van der Waals surface area contributed by atoms with E-state index in [9.17, 15) is 4.79 Å². The average molecular weight is 247 g/mol. The minimum atomic E-state index is -0.373. The van der Waals surface area contributed by atoms with Crippen molar-refractivity contribution in [2.24, 2.45) is 12.9 Å². The fourth-order valence-corrected chi connectivity index (χ4v) is 1.45. The minimum absolute atomic E-state index is 0.171. The van der Waals surface area contributed by atoms with Crippen molar-refractivity contribution in [1.82, 2.24) is 19.7 Å². The van der Waals surface area contributed by atoms with Crippen LogP contribution in [0.15, 0.2) is 18.5 Å². The van der Waals surface area contributed by atoms with Crippen molar-refractivity contribution in [2.45, 2.75) is 6.92 Å². The number of carbonyl (C=O) groups excluding carboxylic acids is 1. The van der Waals surface area contributed by atoms with E-state index in [0.29, 0.717) is 11.6 Å². The molecule has 8 nitrogen and oxygen atoms in total. The Balaban J connectivity index is 2.19. The number of hydrazine groups is 1. The minimum Gasteiger partial charge on any atom is -0.307 e. The molecule has 0 radical (unpaired) electrons. The lowest BCUT2D eigenvalue weighted by Crippen LogP contribution is -2.18. The van der Waals surface area contributed by atoms with Gasteiger partial charge in [0.2, 0.25) is 0 Å². The molecule has 18 heavy (non-hydrogen) atoms. The maximum Gasteiger partial charge on any atom is 0.277 e. The molecular weight excluding hydrogens is 234 g/mol. The Bertz CT molecular complexity index is 577. The van der Waals surface area contributed by atoms with Gasteiger partial charge in [-0.25, -0.2) is 10.8 Å². The Kier molecular flexibility index (Phi) is 3.20. The highest BCUT2D eigenvalue weighted by Crippen LogP contribution is 2.09. The van der Waals surface area contributed by atoms with Crippen molar-refractivity contribution < 1.29 is 4.79 Å². The topological polar surface area (TPSA) is 111 Å². The molecule has 0 spiro atoms. The number of anilines is 2. The van der Waals surface area contributed by atoms with Crippen LogP contribution in [0.5, 0.6) is 0 Å². The summed E-state index contributed by atoms with van der Waals surface area (Å²) in [6.07, 6.45) is 2.78. The van der Waals surface area contributed by atoms with Gasteiger partial charge in [-0.1, -0.05) is 0 Å². The molecule has 0 fully saturated rings. The zero-order chi connectivity index (χ0) is 13.1. The highest BCUT2D eigenvalue weighted by atomic mass is 16.2. The average Bonchev–Trinajstić information content (AvgIpc) is 2.68. The van der Waals surface area contributed by atoms with E-state index < -0.39 is 0 Å². The van der Waals surface area contributed by atoms with Crippen molar-refractivity contribution in [1.29, 1.82) is 0 Å². The summed E-state index contributed by atoms with van der Waals surface area (Å²) >= 11 is 0. The Morgan fingerprint density at radius 1 is 1.44 bits per heavy atom. The summed E-state index contributed by atoms with van der Waals surface area (Å²) in [5.41, 5.74) is 3.32. The lowest BCUT2D eigenvalue weighted by molar-refractivity contribution is 0.102. The zero-order valence-electron chi connectivity index (χ0n) is 10.0. The van der Waals surface area contributed by atoms with E-state index in [0.717, 1.165) is 5.69 Å². The van der Waals surface area contributed by atoms with E-state index in [2.05, 4.69) is 25.8 Å². The first-order chi connectivity index (χ1) is 8.60. The monoisotopic (exact) mass is 247 g/mol. The van der Waals surface area contributed by atoms with E-state index >= 15 is 0 Å². The van der Waals surface area contributed by atoms with Crippen LogP contribution in [0.3, 0.4) is 0 Å². The lowest BCUT2D eigenvalue weighted by Gasteiger charge is -2.05. The maximum atomic E-state index is 11.9. The van der Waals surface area contributed by atoms with Crippen LogP contribution >= 0.6 is 0 Å². The molecule has 0 aliphatic carbocycles. The fraction of sp³-hybridized carbons (Fsp3) is 0.200. The van der Waals surface area contributed by atoms with Crippen molar-refractivity contribution in [2.75, 3.05) is 10.7 Å². The molecule has 4 N–H and O–H groups in total. The molecule has 1 amide bonds. The van der Waals surface area contributed by atoms with Crippen molar-refractivity contribution in [3.8, 4) is 0 Å². The summed E-state index contributed by atoms with van der Waals surface area (Å²) in [4.78, 5) is 19.8. The second-order valence-corrected chi connectivity index (χ2v) is 3.68. The first-order valence-electron chi connectivity index (χ1n) is 5.21. The maximum absolute atomic E-state index is 11.9. The number of nitrogens with one attached hydrogen (secondary N) is 2. The lowest BCUT2D eigenvalue weighted by atomic mass is 10.4. The summed E-state index contributed by atoms with van der Waals surface area (Å²) in [5.74, 6) is 5.74. The van der Waals surface area contributed by atoms with Crippen LogP contribution in [0.2, 0.25) is 0 Å². The van der Waals surface area contributed by atoms with Crippen LogP contribution in [0.4, 0.5) is 11.6 Å². The number of aryl methyl sites for hydroxylation is 2. The number of nitrogen functional groups attached to an aromatic ring is 1. The summed E-state index contributed by atoms with van der Waals surface area (Å²) in [6, 6.07) is 1.76. The van der Waals surface area contributed by atoms with Gasteiger partial charge < -0.3 is 10.7 Å². The summed E-state index contributed by atoms with van der Waals surface area (Å²) in [5, 5.41) is 6.81. The molecular formula is C10H13N7O. The largest absolute Gasteiger partial charge is 0.307 e. The van der Waals surface area contributed by atoms with Crippen LogP contribution in [-0.4, -0.2) is 25.7 Å². The molecule has 2 aromatic heterocycles. The second-order valence-electron chi connectivity index (χ2n) is 3.68. The van der Waals surface area contributed by atoms with Gasteiger partial charge in [-0.15, -0.1) is 0 Å². The molecule has 0 aromatic carbocycles. The Morgan fingerprint density at radius 2 is 2.22 bits per heavy atom. The van der Waals surface area contributed by atoms with Gasteiger partial charge in [0.25, 0.3) is 5.91 Å². The molecule has 8 heteroatoms. The third-order valence-corrected chi connectivity index (χ3v) is 2.26. The second kappa shape index (κ2) is 4.80. The fourth-order valence-electron chi connectivity index (χ4n) is 1.45. The number of hydrogen-bond donors (Lipinski definition) is 3. The van der Waals surface area contributed by atoms with E-state index in [1.54, 1.807) is 17.8 Å². The molecule has 0 atom stereocenters. The molecule has 2 heterocycles. The number of nitrogens with zero attached hydrogens (tertiary/aromatic N) is 4. The molecule has 0 saturated heterocycles. The van der Waals surface area contributed by atoms with Gasteiger partial charge >= 0.3 is 0 Å². The molecule has 2 rings (SSSR count). The summed E-state index contributed by atoms with van der Waals surface area (Å²) in [6.45, 7) is 1.84. The van der Waals surface area contributed by atoms with Gasteiger partial charge in [0.15, 0.2) is 5.82 Å². The van der Waals surface area contributed by atoms with Gasteiger partial charge in [-0.2, -0.15) is 5.10 Å². The van der Waals surface area contributed by atoms with E-state index in [4.69, 9.17) is 5.84 Å². The molecule has 0 bridgehead atoms. The van der Waals surface area contributed by atoms with E-state index in [-0.39, 0.29) is 11.6 Å². The first kappa shape index (κ1) is 12.0. The summed E-state index contributed by atoms with van der Waals surface area (Å²) < 4.78 is 1.58. The Labute approximate surface area is 103 Å². The van der Waals surface area contributed by atoms with Crippen LogP contribution in [0.1, 0.15) is 16.2 Å². The SMILES string of the molecule is Cc1cc(NC(=O)c2cncc(NN)n2)n(C)n1. The Hall–Kier alpha value is -2.48. The quantitative estimate of drug-likeness (QED) is 0.522. The molecule has 0 unspecified atom stereocenters. The van der Waals surface area contributed by atoms with Gasteiger partial charge in [0.05, 0.1) is 18.1 Å². The van der Waals surface area contributed by atoms with Crippen molar-refractivity contribution in [3.05, 3.63) is 29.8 Å². The van der Waals surface area contributed by atoms with Gasteiger partial charge in [-0.3, -0.25) is 14.5 Å². The third kappa shape index (κ3) is 2.43. The normalized spacial score (nSPS) is 10.2. The number of carbonyl (C=O) groups is 1. The molecule has 0 saturated carbocycles. The molecule has 0 aliphatic heterocycles. The molecule has 0 aliphatic rings. The van der Waals surface area contributed by atoms with Crippen molar-refractivity contribution >= 4 is 17.5 Å². The van der Waals surface area contributed by atoms with Gasteiger partial charge in [-0.05, 0) is 6.92 Å². The molecule has 94 valence electrons. The van der Waals surface area contributed by atoms with Gasteiger partial charge in [0.1, 0.15) is 11.5 Å². The van der Waals surface area contributed by atoms with Crippen LogP contribution in [-0.2, 0) is 7.05 Å². The number of amides is 1. The van der Waals surface area contributed by atoms with Gasteiger partial charge in [0, 0.05) is 13.1 Å². The number of rotatable bonds is 3. The van der Waals surface area contributed by atoms with E-state index in [1.165, 1.54) is 12.4 Å². The number of aromatic nitrogens is 4. The number of nitrogens with two attached hydrogens (primary N) is 1. The molecule has 2 aromatic rings. The Morgan fingerprint density at radius 3 is 2.83 bits per heavy atom. The highest BCUT2D eigenvalue weighted by molar-refractivity contribution is 6.02. The van der Waals surface area contributed by atoms with Crippen molar-refractivity contribution in [3.63, 3.8) is 0 Å². The van der Waals surface area contributed by atoms with Crippen LogP contribution in [0.25, 0.3) is 0 Å². The van der Waals surface area contributed by atoms with Crippen LogP contribution < -0.4 is 16.6 Å². The standard InChI is InChI=1S/C10H13N7O/c1-6-3-9(17(2)16-6)14-10(18)7-4-12-5-8(13-7)15-11/h3-5H,11H2,1-2H3,(H,13,15)(H,14,18). The smallest absolute Gasteiger partial charge is 0.277 e. The number of hydrogen-bond acceptors (Lipinski definition) is 6. The zero-order valence-corrected chi connectivity index (χ0v) is 10.0. The van der Waals surface area contributed by atoms with Crippen LogP contribution in [0, 0.1) is 6.92 Å². The highest BCUT2D eigenvalue weighted by Gasteiger charge is 2.11. The third-order valence-electron chi connectivity index (χ3n) is 2.26.